The number of rotatable bonds is 4. The van der Waals surface area contributed by atoms with Gasteiger partial charge in [-0.25, -0.2) is 9.59 Å². The van der Waals surface area contributed by atoms with Crippen LogP contribution in [-0.4, -0.2) is 27.3 Å². The summed E-state index contributed by atoms with van der Waals surface area (Å²) in [6.45, 7) is 1.68. The standard InChI is InChI=1S/C11H12O5/c1-2-8(12)6-4-3-5-7(10(13)14)9(6)11(15)16/h3-5,8,12H,2H2,1H3,(H,13,14)(H,15,16). The van der Waals surface area contributed by atoms with Crippen molar-refractivity contribution in [1.82, 2.24) is 0 Å². The third-order valence-electron chi connectivity index (χ3n) is 2.29. The van der Waals surface area contributed by atoms with Crippen LogP contribution >= 0.6 is 0 Å². The van der Waals surface area contributed by atoms with E-state index in [-0.39, 0.29) is 16.7 Å². The summed E-state index contributed by atoms with van der Waals surface area (Å²) in [7, 11) is 0. The summed E-state index contributed by atoms with van der Waals surface area (Å²) in [4.78, 5) is 21.8. The number of benzene rings is 1. The highest BCUT2D eigenvalue weighted by molar-refractivity contribution is 6.02. The second-order valence-corrected chi connectivity index (χ2v) is 3.30. The molecular formula is C11H12O5. The average molecular weight is 224 g/mol. The van der Waals surface area contributed by atoms with Crippen molar-refractivity contribution in [2.24, 2.45) is 0 Å². The van der Waals surface area contributed by atoms with Gasteiger partial charge in [-0.2, -0.15) is 0 Å². The Morgan fingerprint density at radius 2 is 1.88 bits per heavy atom. The van der Waals surface area contributed by atoms with Crippen LogP contribution in [0.15, 0.2) is 18.2 Å². The summed E-state index contributed by atoms with van der Waals surface area (Å²) >= 11 is 0. The molecule has 5 heteroatoms. The molecular weight excluding hydrogens is 212 g/mol. The minimum absolute atomic E-state index is 0.134. The number of carboxylic acids is 2. The lowest BCUT2D eigenvalue weighted by Crippen LogP contribution is -2.13. The van der Waals surface area contributed by atoms with Gasteiger partial charge in [0.1, 0.15) is 0 Å². The van der Waals surface area contributed by atoms with Crippen LogP contribution in [0, 0.1) is 0 Å². The molecule has 1 atom stereocenters. The zero-order valence-electron chi connectivity index (χ0n) is 8.67. The number of hydrogen-bond donors (Lipinski definition) is 3. The van der Waals surface area contributed by atoms with Gasteiger partial charge < -0.3 is 15.3 Å². The molecule has 0 aliphatic heterocycles. The molecule has 0 aliphatic carbocycles. The van der Waals surface area contributed by atoms with E-state index in [1.807, 2.05) is 0 Å². The lowest BCUT2D eigenvalue weighted by molar-refractivity contribution is 0.0645. The van der Waals surface area contributed by atoms with E-state index < -0.39 is 18.0 Å². The molecule has 5 nitrogen and oxygen atoms in total. The topological polar surface area (TPSA) is 94.8 Å². The fraction of sp³-hybridized carbons (Fsp3) is 0.273. The summed E-state index contributed by atoms with van der Waals surface area (Å²) in [6.07, 6.45) is -0.644. The molecule has 0 fully saturated rings. The van der Waals surface area contributed by atoms with Crippen LogP contribution in [0.3, 0.4) is 0 Å². The number of aromatic carboxylic acids is 2. The maximum Gasteiger partial charge on any atom is 0.336 e. The molecule has 0 saturated carbocycles. The van der Waals surface area contributed by atoms with Crippen molar-refractivity contribution in [3.8, 4) is 0 Å². The monoisotopic (exact) mass is 224 g/mol. The van der Waals surface area contributed by atoms with E-state index in [9.17, 15) is 14.7 Å². The first-order chi connectivity index (χ1) is 7.49. The molecule has 0 amide bonds. The quantitative estimate of drug-likeness (QED) is 0.720. The Hall–Kier alpha value is -1.88. The molecule has 16 heavy (non-hydrogen) atoms. The van der Waals surface area contributed by atoms with Crippen LogP contribution < -0.4 is 0 Å². The lowest BCUT2D eigenvalue weighted by atomic mass is 9.96. The third-order valence-corrected chi connectivity index (χ3v) is 2.29. The first-order valence-corrected chi connectivity index (χ1v) is 4.76. The number of carboxylic acid groups (broad SMARTS) is 2. The van der Waals surface area contributed by atoms with Crippen LogP contribution in [0.1, 0.15) is 45.7 Å². The Kier molecular flexibility index (Phi) is 3.63. The number of carbonyl (C=O) groups is 2. The van der Waals surface area contributed by atoms with E-state index in [0.717, 1.165) is 0 Å². The van der Waals surface area contributed by atoms with Crippen molar-refractivity contribution in [1.29, 1.82) is 0 Å². The summed E-state index contributed by atoms with van der Waals surface area (Å²) in [5.41, 5.74) is -0.517. The molecule has 0 saturated heterocycles. The first kappa shape index (κ1) is 12.2. The fourth-order valence-corrected chi connectivity index (χ4v) is 1.48. The van der Waals surface area contributed by atoms with Crippen molar-refractivity contribution < 1.29 is 24.9 Å². The molecule has 0 heterocycles. The predicted octanol–water partition coefficient (Wildman–Crippen LogP) is 1.53. The number of aliphatic hydroxyl groups excluding tert-OH is 1. The fourth-order valence-electron chi connectivity index (χ4n) is 1.48. The van der Waals surface area contributed by atoms with Crippen molar-refractivity contribution in [3.63, 3.8) is 0 Å². The van der Waals surface area contributed by atoms with Gasteiger partial charge in [-0.1, -0.05) is 19.1 Å². The molecule has 0 bridgehead atoms. The first-order valence-electron chi connectivity index (χ1n) is 4.76. The molecule has 1 aromatic carbocycles. The normalized spacial score (nSPS) is 12.1. The molecule has 0 aromatic heterocycles. The van der Waals surface area contributed by atoms with E-state index in [2.05, 4.69) is 0 Å². The Bertz CT molecular complexity index is 424. The summed E-state index contributed by atoms with van der Waals surface area (Å²) < 4.78 is 0. The maximum absolute atomic E-state index is 11.0. The van der Waals surface area contributed by atoms with Crippen LogP contribution in [0.4, 0.5) is 0 Å². The predicted molar refractivity (Wildman–Crippen MR) is 55.6 cm³/mol. The van der Waals surface area contributed by atoms with Crippen molar-refractivity contribution >= 4 is 11.9 Å². The minimum atomic E-state index is -1.35. The molecule has 3 N–H and O–H groups in total. The zero-order valence-corrected chi connectivity index (χ0v) is 8.67. The Balaban J connectivity index is 3.44. The Morgan fingerprint density at radius 3 is 2.31 bits per heavy atom. The summed E-state index contributed by atoms with van der Waals surface area (Å²) in [6, 6.07) is 4.05. The van der Waals surface area contributed by atoms with Gasteiger partial charge in [0.2, 0.25) is 0 Å². The molecule has 1 aromatic rings. The second-order valence-electron chi connectivity index (χ2n) is 3.30. The maximum atomic E-state index is 11.0. The number of hydrogen-bond acceptors (Lipinski definition) is 3. The van der Waals surface area contributed by atoms with E-state index in [1.165, 1.54) is 18.2 Å². The lowest BCUT2D eigenvalue weighted by Gasteiger charge is -2.13. The Morgan fingerprint density at radius 1 is 1.25 bits per heavy atom. The third kappa shape index (κ3) is 2.20. The molecule has 1 rings (SSSR count). The zero-order chi connectivity index (χ0) is 12.3. The highest BCUT2D eigenvalue weighted by atomic mass is 16.4. The van der Waals surface area contributed by atoms with Gasteiger partial charge in [0.05, 0.1) is 17.2 Å². The van der Waals surface area contributed by atoms with E-state index in [0.29, 0.717) is 6.42 Å². The number of aliphatic hydroxyl groups is 1. The van der Waals surface area contributed by atoms with Gasteiger partial charge in [-0.05, 0) is 18.1 Å². The van der Waals surface area contributed by atoms with Gasteiger partial charge in [0.25, 0.3) is 0 Å². The van der Waals surface area contributed by atoms with Crippen molar-refractivity contribution in [3.05, 3.63) is 34.9 Å². The van der Waals surface area contributed by atoms with Gasteiger partial charge in [0.15, 0.2) is 0 Å². The van der Waals surface area contributed by atoms with Crippen LogP contribution in [0.25, 0.3) is 0 Å². The average Bonchev–Trinajstić information content (AvgIpc) is 2.26. The SMILES string of the molecule is CCC(O)c1cccc(C(=O)O)c1C(=O)O. The van der Waals surface area contributed by atoms with E-state index in [4.69, 9.17) is 10.2 Å². The highest BCUT2D eigenvalue weighted by Gasteiger charge is 2.22. The smallest absolute Gasteiger partial charge is 0.336 e. The largest absolute Gasteiger partial charge is 0.478 e. The van der Waals surface area contributed by atoms with Crippen molar-refractivity contribution in [2.45, 2.75) is 19.4 Å². The van der Waals surface area contributed by atoms with E-state index in [1.54, 1.807) is 6.92 Å². The highest BCUT2D eigenvalue weighted by Crippen LogP contribution is 2.23. The second kappa shape index (κ2) is 4.76. The van der Waals surface area contributed by atoms with Gasteiger partial charge in [0, 0.05) is 0 Å². The Labute approximate surface area is 92.0 Å². The van der Waals surface area contributed by atoms with Gasteiger partial charge in [-0.3, -0.25) is 0 Å². The summed E-state index contributed by atoms with van der Waals surface area (Å²) in [5.74, 6) is -2.66. The molecule has 0 spiro atoms. The van der Waals surface area contributed by atoms with E-state index >= 15 is 0 Å². The molecule has 0 radical (unpaired) electrons. The van der Waals surface area contributed by atoms with Crippen LogP contribution in [-0.2, 0) is 0 Å². The summed E-state index contributed by atoms with van der Waals surface area (Å²) in [5, 5.41) is 27.4. The van der Waals surface area contributed by atoms with Gasteiger partial charge in [-0.15, -0.1) is 0 Å². The van der Waals surface area contributed by atoms with Crippen molar-refractivity contribution in [2.75, 3.05) is 0 Å². The molecule has 0 aliphatic rings. The van der Waals surface area contributed by atoms with Crippen LogP contribution in [0.5, 0.6) is 0 Å². The van der Waals surface area contributed by atoms with Crippen LogP contribution in [0.2, 0.25) is 0 Å². The van der Waals surface area contributed by atoms with Gasteiger partial charge >= 0.3 is 11.9 Å². The molecule has 1 unspecified atom stereocenters. The molecule has 86 valence electrons. The minimum Gasteiger partial charge on any atom is -0.478 e.